The van der Waals surface area contributed by atoms with Crippen LogP contribution >= 0.6 is 0 Å². The van der Waals surface area contributed by atoms with Crippen molar-refractivity contribution in [2.24, 2.45) is 0 Å². The molecule has 0 amide bonds. The molecule has 0 radical (unpaired) electrons. The van der Waals surface area contributed by atoms with Gasteiger partial charge in [0.1, 0.15) is 4.90 Å². The fourth-order valence-corrected chi connectivity index (χ4v) is 6.16. The Labute approximate surface area is 176 Å². The summed E-state index contributed by atoms with van der Waals surface area (Å²) in [5.41, 5.74) is 9.30. The number of hydrogen-bond acceptors (Lipinski definition) is 6. The summed E-state index contributed by atoms with van der Waals surface area (Å²) in [5, 5.41) is 0. The molecule has 0 bridgehead atoms. The van der Waals surface area contributed by atoms with E-state index in [-0.39, 0.29) is 28.4 Å². The van der Waals surface area contributed by atoms with Crippen LogP contribution in [0.3, 0.4) is 0 Å². The molecule has 0 heterocycles. The molecule has 1 unspecified atom stereocenters. The Hall–Kier alpha value is -2.55. The van der Waals surface area contributed by atoms with E-state index in [2.05, 4.69) is 4.79 Å². The summed E-state index contributed by atoms with van der Waals surface area (Å²) in [4.78, 5) is 14.5. The maximum absolute atomic E-state index is 13.5. The molecule has 8 nitrogen and oxygen atoms in total. The van der Waals surface area contributed by atoms with Gasteiger partial charge in [0.05, 0.1) is 10.5 Å². The highest BCUT2D eigenvalue weighted by molar-refractivity contribution is 7.93. The van der Waals surface area contributed by atoms with Gasteiger partial charge < -0.3 is 9.71 Å². The number of unbranched alkanes of at least 4 members (excludes halogenated alkanes) is 1. The Balaban J connectivity index is 2.45. The lowest BCUT2D eigenvalue weighted by atomic mass is 9.89. The fourth-order valence-electron chi connectivity index (χ4n) is 3.17. The molecule has 0 saturated carbocycles. The van der Waals surface area contributed by atoms with Gasteiger partial charge >= 0.3 is 16.3 Å². The van der Waals surface area contributed by atoms with Crippen molar-refractivity contribution in [3.63, 3.8) is 0 Å². The number of hydrogen-bond donors (Lipinski definition) is 0. The zero-order valence-corrected chi connectivity index (χ0v) is 18.7. The zero-order chi connectivity index (χ0) is 22.6. The van der Waals surface area contributed by atoms with Crippen LogP contribution in [-0.4, -0.2) is 44.1 Å². The lowest BCUT2D eigenvalue weighted by Crippen LogP contribution is -2.36. The van der Waals surface area contributed by atoms with Crippen LogP contribution in [0.1, 0.15) is 40.0 Å². The van der Waals surface area contributed by atoms with Gasteiger partial charge in [0.25, 0.3) is 5.78 Å². The second-order valence-corrected chi connectivity index (χ2v) is 11.3. The number of rotatable bonds is 9. The van der Waals surface area contributed by atoms with Gasteiger partial charge in [0, 0.05) is 5.57 Å². The first-order chi connectivity index (χ1) is 14.0. The highest BCUT2D eigenvalue weighted by Gasteiger charge is 2.42. The Morgan fingerprint density at radius 2 is 1.93 bits per heavy atom. The average Bonchev–Trinajstić information content (AvgIpc) is 2.66. The number of nitrogens with zero attached hydrogens (tertiary/aromatic N) is 2. The second-order valence-electron chi connectivity index (χ2n) is 7.27. The molecule has 2 rings (SSSR count). The van der Waals surface area contributed by atoms with Crippen LogP contribution in [0, 0.1) is 0 Å². The number of carbonyl (C=O) groups is 1. The molecule has 0 N–H and O–H groups in total. The maximum Gasteiger partial charge on any atom is 0.328 e. The molecule has 0 aromatic heterocycles. The van der Waals surface area contributed by atoms with Crippen LogP contribution in [0.2, 0.25) is 0 Å². The van der Waals surface area contributed by atoms with Crippen molar-refractivity contribution in [1.82, 2.24) is 0 Å². The van der Waals surface area contributed by atoms with E-state index in [1.54, 1.807) is 6.92 Å². The Kier molecular flexibility index (Phi) is 7.18. The first-order valence-electron chi connectivity index (χ1n) is 9.34. The van der Waals surface area contributed by atoms with E-state index >= 15 is 0 Å². The topological polar surface area (TPSA) is 131 Å². The van der Waals surface area contributed by atoms with Crippen LogP contribution in [0.15, 0.2) is 52.5 Å². The number of benzene rings is 1. The maximum atomic E-state index is 13.5. The Morgan fingerprint density at radius 3 is 2.53 bits per heavy atom. The van der Waals surface area contributed by atoms with Crippen LogP contribution in [-0.2, 0) is 24.7 Å². The number of para-hydroxylation sites is 1. The number of allylic oxidation sites excluding steroid dienone is 3. The largest absolute Gasteiger partial charge is 0.381 e. The Morgan fingerprint density at radius 1 is 1.27 bits per heavy atom. The van der Waals surface area contributed by atoms with Gasteiger partial charge in [-0.2, -0.15) is 13.2 Å². The lowest BCUT2D eigenvalue weighted by Gasteiger charge is -2.30. The third kappa shape index (κ3) is 4.95. The van der Waals surface area contributed by atoms with Gasteiger partial charge in [0.15, 0.2) is 15.6 Å². The normalized spacial score (nSPS) is 19.3. The minimum Gasteiger partial charge on any atom is -0.381 e. The van der Waals surface area contributed by atoms with E-state index in [0.29, 0.717) is 18.4 Å². The number of Topliss-reactive ketones (excluding diaryl/α,β-unsaturated/α-hetero) is 1. The van der Waals surface area contributed by atoms with E-state index < -0.39 is 30.5 Å². The summed E-state index contributed by atoms with van der Waals surface area (Å²) in [6, 6.07) is 5.60. The predicted octanol–water partition coefficient (Wildman–Crippen LogP) is 2.87. The van der Waals surface area contributed by atoms with Gasteiger partial charge in [0.2, 0.25) is 0 Å². The van der Waals surface area contributed by atoms with Gasteiger partial charge in [-0.15, -0.1) is 0 Å². The minimum absolute atomic E-state index is 0.00307. The quantitative estimate of drug-likeness (QED) is 0.245. The summed E-state index contributed by atoms with van der Waals surface area (Å²) >= 11 is 0. The van der Waals surface area contributed by atoms with Crippen LogP contribution < -0.4 is 4.18 Å². The van der Waals surface area contributed by atoms with E-state index in [1.807, 2.05) is 6.92 Å². The van der Waals surface area contributed by atoms with Crippen molar-refractivity contribution in [2.75, 3.05) is 5.75 Å². The first kappa shape index (κ1) is 23.7. The molecule has 162 valence electrons. The molecule has 0 spiro atoms. The van der Waals surface area contributed by atoms with Crippen LogP contribution in [0.4, 0.5) is 0 Å². The van der Waals surface area contributed by atoms with Gasteiger partial charge in [-0.1, -0.05) is 43.2 Å². The van der Waals surface area contributed by atoms with Crippen molar-refractivity contribution in [2.45, 2.75) is 49.7 Å². The van der Waals surface area contributed by atoms with E-state index in [0.717, 1.165) is 6.21 Å². The molecular weight excluding hydrogens is 428 g/mol. The SMILES string of the molecule is CCCCS(=O)(=O)Oc1ccccc1S(=O)(=O)C1(C)C=CC(C(=O)C=[N+]=[N-])=C(C)C1. The molecule has 10 heteroatoms. The molecule has 1 aliphatic carbocycles. The van der Waals surface area contributed by atoms with Crippen molar-refractivity contribution >= 4 is 32.0 Å². The summed E-state index contributed by atoms with van der Waals surface area (Å²) in [6.45, 7) is 4.95. The molecule has 0 aliphatic heterocycles. The average molecular weight is 453 g/mol. The molecule has 1 aliphatic rings. The van der Waals surface area contributed by atoms with Crippen LogP contribution in [0.25, 0.3) is 5.53 Å². The standard InChI is InChI=1S/C20H24N2O6S2/c1-4-5-12-29(24,25)28-18-8-6-7-9-19(18)30(26,27)20(3)11-10-16(15(2)13-20)17(23)14-22-21/h6-11,14H,4-5,12-13H2,1-3H3. The van der Waals surface area contributed by atoms with E-state index in [9.17, 15) is 21.6 Å². The van der Waals surface area contributed by atoms with E-state index in [4.69, 9.17) is 9.71 Å². The van der Waals surface area contributed by atoms with E-state index in [1.165, 1.54) is 43.3 Å². The number of carbonyl (C=O) groups excluding carboxylic acids is 1. The highest BCUT2D eigenvalue weighted by atomic mass is 32.2. The fraction of sp³-hybridized carbons (Fsp3) is 0.400. The molecule has 1 atom stereocenters. The van der Waals surface area contributed by atoms with Crippen molar-refractivity contribution in [1.29, 1.82) is 0 Å². The van der Waals surface area contributed by atoms with Crippen LogP contribution in [0.5, 0.6) is 5.75 Å². The first-order valence-corrected chi connectivity index (χ1v) is 12.4. The second kappa shape index (κ2) is 9.07. The van der Waals surface area contributed by atoms with Crippen molar-refractivity contribution in [3.05, 3.63) is 53.1 Å². The highest BCUT2D eigenvalue weighted by Crippen LogP contribution is 2.40. The van der Waals surface area contributed by atoms with Crippen molar-refractivity contribution < 1.29 is 30.6 Å². The summed E-state index contributed by atoms with van der Waals surface area (Å²) < 4.78 is 55.1. The zero-order valence-electron chi connectivity index (χ0n) is 17.0. The molecule has 1 aromatic rings. The smallest absolute Gasteiger partial charge is 0.328 e. The number of ketones is 1. The third-order valence-electron chi connectivity index (χ3n) is 4.84. The third-order valence-corrected chi connectivity index (χ3v) is 8.48. The monoisotopic (exact) mass is 452 g/mol. The molecule has 30 heavy (non-hydrogen) atoms. The summed E-state index contributed by atoms with van der Waals surface area (Å²) in [7, 11) is -8.03. The van der Waals surface area contributed by atoms with Crippen molar-refractivity contribution in [3.8, 4) is 5.75 Å². The predicted molar refractivity (Wildman–Crippen MR) is 113 cm³/mol. The summed E-state index contributed by atoms with van der Waals surface area (Å²) in [6.07, 6.45) is 4.56. The number of sulfone groups is 1. The molecule has 1 aromatic carbocycles. The van der Waals surface area contributed by atoms with Gasteiger partial charge in [-0.25, -0.2) is 8.42 Å². The lowest BCUT2D eigenvalue weighted by molar-refractivity contribution is -0.112. The Bertz CT molecular complexity index is 1160. The van der Waals surface area contributed by atoms with Gasteiger partial charge in [-0.05, 0) is 38.8 Å². The molecular formula is C20H24N2O6S2. The molecule has 0 saturated heterocycles. The summed E-state index contributed by atoms with van der Waals surface area (Å²) in [5.74, 6) is -1.01. The minimum atomic E-state index is -4.08. The molecule has 0 fully saturated rings. The van der Waals surface area contributed by atoms with Gasteiger partial charge in [-0.3, -0.25) is 4.79 Å².